The Balaban J connectivity index is 2.19. The molecule has 2 aromatic heterocycles. The topological polar surface area (TPSA) is 74.2 Å². The highest BCUT2D eigenvalue weighted by atomic mass is 79.9. The number of thiophene rings is 1. The number of hydrogen-bond acceptors (Lipinski definition) is 6. The van der Waals surface area contributed by atoms with Gasteiger partial charge >= 0.3 is 0 Å². The lowest BCUT2D eigenvalue weighted by atomic mass is 10.1. The van der Waals surface area contributed by atoms with Crippen LogP contribution in [0.15, 0.2) is 14.4 Å². The number of aromatic nitrogens is 2. The van der Waals surface area contributed by atoms with E-state index in [0.717, 1.165) is 14.2 Å². The second-order valence-electron chi connectivity index (χ2n) is 5.27. The largest absolute Gasteiger partial charge is 0.376 e. The zero-order valence-electron chi connectivity index (χ0n) is 11.9. The van der Waals surface area contributed by atoms with Crippen molar-refractivity contribution in [3.63, 3.8) is 0 Å². The van der Waals surface area contributed by atoms with Crippen molar-refractivity contribution < 1.29 is 9.26 Å². The fraction of sp³-hybridized carbons (Fsp3) is 0.538. The quantitative estimate of drug-likeness (QED) is 0.884. The summed E-state index contributed by atoms with van der Waals surface area (Å²) in [4.78, 5) is 5.32. The number of aryl methyl sites for hydroxylation is 1. The Morgan fingerprint density at radius 1 is 1.55 bits per heavy atom. The lowest BCUT2D eigenvalue weighted by Crippen LogP contribution is -2.40. The lowest BCUT2D eigenvalue weighted by Gasteiger charge is -2.21. The molecule has 110 valence electrons. The SMILES string of the molecule is Cc1cc(-c2nc(C(C)(N)COC(C)C)no2)sc1Br. The summed E-state index contributed by atoms with van der Waals surface area (Å²) in [5, 5.41) is 3.98. The van der Waals surface area contributed by atoms with E-state index in [1.165, 1.54) is 0 Å². The summed E-state index contributed by atoms with van der Waals surface area (Å²) in [6, 6.07) is 2.00. The maximum Gasteiger partial charge on any atom is 0.268 e. The Bertz CT molecular complexity index is 573. The maximum atomic E-state index is 6.20. The van der Waals surface area contributed by atoms with Crippen LogP contribution in [-0.4, -0.2) is 22.9 Å². The minimum Gasteiger partial charge on any atom is -0.376 e. The van der Waals surface area contributed by atoms with Crippen molar-refractivity contribution in [3.05, 3.63) is 21.2 Å². The number of rotatable bonds is 5. The van der Waals surface area contributed by atoms with Crippen LogP contribution in [0.2, 0.25) is 0 Å². The van der Waals surface area contributed by atoms with Gasteiger partial charge in [-0.15, -0.1) is 11.3 Å². The standard InChI is InChI=1S/C13H18BrN3O2S/c1-7(2)18-6-13(4,15)12-16-11(19-17-12)9-5-8(3)10(14)20-9/h5,7H,6,15H2,1-4H3. The van der Waals surface area contributed by atoms with Gasteiger partial charge < -0.3 is 15.0 Å². The molecule has 0 aliphatic rings. The second-order valence-corrected chi connectivity index (χ2v) is 7.64. The molecule has 1 atom stereocenters. The molecular weight excluding hydrogens is 342 g/mol. The zero-order valence-corrected chi connectivity index (χ0v) is 14.3. The van der Waals surface area contributed by atoms with Crippen molar-refractivity contribution in [1.29, 1.82) is 0 Å². The Morgan fingerprint density at radius 3 is 2.80 bits per heavy atom. The molecule has 0 saturated carbocycles. The van der Waals surface area contributed by atoms with Gasteiger partial charge in [-0.05, 0) is 55.3 Å². The molecule has 1 unspecified atom stereocenters. The monoisotopic (exact) mass is 359 g/mol. The fourth-order valence-electron chi connectivity index (χ4n) is 1.53. The molecule has 0 aliphatic carbocycles. The maximum absolute atomic E-state index is 6.20. The van der Waals surface area contributed by atoms with Crippen LogP contribution in [0.5, 0.6) is 0 Å². The molecule has 0 spiro atoms. The highest BCUT2D eigenvalue weighted by molar-refractivity contribution is 9.11. The molecular formula is C13H18BrN3O2S. The van der Waals surface area contributed by atoms with Crippen LogP contribution in [0.25, 0.3) is 10.8 Å². The Labute approximate surface area is 130 Å². The molecule has 5 nitrogen and oxygen atoms in total. The zero-order chi connectivity index (χ0) is 14.9. The molecule has 0 aliphatic heterocycles. The van der Waals surface area contributed by atoms with Crippen LogP contribution in [0.4, 0.5) is 0 Å². The fourth-order valence-corrected chi connectivity index (χ4v) is 2.98. The van der Waals surface area contributed by atoms with Crippen LogP contribution in [0, 0.1) is 6.92 Å². The molecule has 2 aromatic rings. The van der Waals surface area contributed by atoms with Gasteiger partial charge in [0.15, 0.2) is 5.82 Å². The van der Waals surface area contributed by atoms with E-state index in [2.05, 4.69) is 26.1 Å². The van der Waals surface area contributed by atoms with Crippen molar-refractivity contribution in [2.75, 3.05) is 6.61 Å². The van der Waals surface area contributed by atoms with Crippen molar-refractivity contribution in [1.82, 2.24) is 10.1 Å². The Morgan fingerprint density at radius 2 is 2.25 bits per heavy atom. The van der Waals surface area contributed by atoms with Crippen molar-refractivity contribution >= 4 is 27.3 Å². The van der Waals surface area contributed by atoms with E-state index < -0.39 is 5.54 Å². The van der Waals surface area contributed by atoms with E-state index in [1.54, 1.807) is 11.3 Å². The van der Waals surface area contributed by atoms with Crippen molar-refractivity contribution in [3.8, 4) is 10.8 Å². The molecule has 0 amide bonds. The molecule has 0 saturated heterocycles. The summed E-state index contributed by atoms with van der Waals surface area (Å²) in [7, 11) is 0. The van der Waals surface area contributed by atoms with Crippen LogP contribution in [0.1, 0.15) is 32.2 Å². The third-order valence-corrected chi connectivity index (χ3v) is 4.85. The van der Waals surface area contributed by atoms with Crippen LogP contribution in [-0.2, 0) is 10.3 Å². The first kappa shape index (κ1) is 15.6. The molecule has 0 bridgehead atoms. The van der Waals surface area contributed by atoms with Crippen LogP contribution in [0.3, 0.4) is 0 Å². The summed E-state index contributed by atoms with van der Waals surface area (Å²) in [6.07, 6.45) is 0.111. The smallest absolute Gasteiger partial charge is 0.268 e. The Hall–Kier alpha value is -0.760. The van der Waals surface area contributed by atoms with Crippen molar-refractivity contribution in [2.45, 2.75) is 39.3 Å². The summed E-state index contributed by atoms with van der Waals surface area (Å²) in [5.74, 6) is 0.940. The third-order valence-electron chi connectivity index (χ3n) is 2.72. The predicted octanol–water partition coefficient (Wildman–Crippen LogP) is 3.47. The van der Waals surface area contributed by atoms with E-state index in [-0.39, 0.29) is 6.10 Å². The van der Waals surface area contributed by atoms with E-state index in [4.69, 9.17) is 15.0 Å². The number of hydrogen-bond donors (Lipinski definition) is 1. The van der Waals surface area contributed by atoms with Gasteiger partial charge in [-0.2, -0.15) is 4.98 Å². The van der Waals surface area contributed by atoms with Gasteiger partial charge in [-0.3, -0.25) is 0 Å². The number of ether oxygens (including phenoxy) is 1. The summed E-state index contributed by atoms with van der Waals surface area (Å²) in [5.41, 5.74) is 6.57. The predicted molar refractivity (Wildman–Crippen MR) is 82.7 cm³/mol. The average Bonchev–Trinajstić information content (AvgIpc) is 2.95. The third kappa shape index (κ3) is 3.46. The summed E-state index contributed by atoms with van der Waals surface area (Å²) in [6.45, 7) is 8.12. The highest BCUT2D eigenvalue weighted by Gasteiger charge is 2.29. The minimum absolute atomic E-state index is 0.111. The number of halogens is 1. The van der Waals surface area contributed by atoms with E-state index in [0.29, 0.717) is 18.3 Å². The molecule has 2 N–H and O–H groups in total. The normalized spacial score (nSPS) is 14.8. The second kappa shape index (κ2) is 5.93. The first-order valence-corrected chi connectivity index (χ1v) is 7.91. The lowest BCUT2D eigenvalue weighted by molar-refractivity contribution is 0.0410. The molecule has 7 heteroatoms. The van der Waals surface area contributed by atoms with Gasteiger partial charge in [0, 0.05) is 0 Å². The number of nitrogens with zero attached hydrogens (tertiary/aromatic N) is 2. The molecule has 0 aromatic carbocycles. The molecule has 0 fully saturated rings. The van der Waals surface area contributed by atoms with Crippen molar-refractivity contribution in [2.24, 2.45) is 5.73 Å². The average molecular weight is 360 g/mol. The highest BCUT2D eigenvalue weighted by Crippen LogP contribution is 2.34. The first-order valence-electron chi connectivity index (χ1n) is 6.30. The number of nitrogens with two attached hydrogens (primary N) is 1. The van der Waals surface area contributed by atoms with E-state index >= 15 is 0 Å². The molecule has 2 heterocycles. The van der Waals surface area contributed by atoms with Gasteiger partial charge in [0.1, 0.15) is 5.54 Å². The van der Waals surface area contributed by atoms with Gasteiger partial charge in [-0.1, -0.05) is 5.16 Å². The molecule has 20 heavy (non-hydrogen) atoms. The van der Waals surface area contributed by atoms with E-state index in [9.17, 15) is 0 Å². The summed E-state index contributed by atoms with van der Waals surface area (Å²) >= 11 is 5.04. The van der Waals surface area contributed by atoms with Gasteiger partial charge in [0.05, 0.1) is 21.4 Å². The van der Waals surface area contributed by atoms with Gasteiger partial charge in [-0.25, -0.2) is 0 Å². The Kier molecular flexibility index (Phi) is 4.63. The first-order chi connectivity index (χ1) is 9.29. The van der Waals surface area contributed by atoms with Gasteiger partial charge in [0.2, 0.25) is 0 Å². The van der Waals surface area contributed by atoms with Crippen LogP contribution >= 0.6 is 27.3 Å². The van der Waals surface area contributed by atoms with E-state index in [1.807, 2.05) is 33.8 Å². The van der Waals surface area contributed by atoms with Crippen LogP contribution < -0.4 is 5.73 Å². The molecule has 0 radical (unpaired) electrons. The minimum atomic E-state index is -0.768. The summed E-state index contributed by atoms with van der Waals surface area (Å²) < 4.78 is 11.9. The molecule has 2 rings (SSSR count). The van der Waals surface area contributed by atoms with Gasteiger partial charge in [0.25, 0.3) is 5.89 Å².